The summed E-state index contributed by atoms with van der Waals surface area (Å²) in [5, 5.41) is 6.06. The molecular formula is C19H36IN5O4. The summed E-state index contributed by atoms with van der Waals surface area (Å²) in [5.41, 5.74) is -0.488. The highest BCUT2D eigenvalue weighted by atomic mass is 127. The molecule has 2 amide bonds. The Hall–Kier alpha value is -1.30. The van der Waals surface area contributed by atoms with E-state index in [-0.39, 0.29) is 36.0 Å². The second-order valence-electron chi connectivity index (χ2n) is 8.07. The van der Waals surface area contributed by atoms with Gasteiger partial charge in [-0.3, -0.25) is 9.79 Å². The Morgan fingerprint density at radius 2 is 1.72 bits per heavy atom. The van der Waals surface area contributed by atoms with Gasteiger partial charge in [-0.2, -0.15) is 0 Å². The summed E-state index contributed by atoms with van der Waals surface area (Å²) in [6.07, 6.45) is 1.91. The van der Waals surface area contributed by atoms with Gasteiger partial charge in [-0.1, -0.05) is 0 Å². The van der Waals surface area contributed by atoms with Crippen molar-refractivity contribution in [1.82, 2.24) is 20.4 Å². The average Bonchev–Trinajstić information content (AvgIpc) is 3.17. The van der Waals surface area contributed by atoms with E-state index in [1.807, 2.05) is 25.7 Å². The van der Waals surface area contributed by atoms with Gasteiger partial charge >= 0.3 is 6.09 Å². The van der Waals surface area contributed by atoms with Crippen LogP contribution in [0.15, 0.2) is 4.99 Å². The number of amides is 2. The summed E-state index contributed by atoms with van der Waals surface area (Å²) >= 11 is 0. The lowest BCUT2D eigenvalue weighted by molar-refractivity contribution is -0.142. The molecule has 0 bridgehead atoms. The molecule has 1 atom stereocenters. The highest BCUT2D eigenvalue weighted by molar-refractivity contribution is 14.0. The molecule has 29 heavy (non-hydrogen) atoms. The van der Waals surface area contributed by atoms with Crippen LogP contribution in [0.1, 0.15) is 40.0 Å². The van der Waals surface area contributed by atoms with Gasteiger partial charge in [0.25, 0.3) is 5.91 Å². The summed E-state index contributed by atoms with van der Waals surface area (Å²) in [7, 11) is 1.76. The lowest BCUT2D eigenvalue weighted by Gasteiger charge is -2.37. The van der Waals surface area contributed by atoms with Crippen molar-refractivity contribution in [3.63, 3.8) is 0 Å². The lowest BCUT2D eigenvalue weighted by Crippen LogP contribution is -2.55. The minimum absolute atomic E-state index is 0. The number of halogens is 1. The van der Waals surface area contributed by atoms with Crippen LogP contribution in [0.4, 0.5) is 4.79 Å². The molecule has 0 aromatic rings. The first-order chi connectivity index (χ1) is 13.3. The number of hydrogen-bond donors (Lipinski definition) is 2. The molecular weight excluding hydrogens is 489 g/mol. The Morgan fingerprint density at radius 3 is 2.28 bits per heavy atom. The van der Waals surface area contributed by atoms with Crippen molar-refractivity contribution in [3.8, 4) is 0 Å². The molecule has 2 N–H and O–H groups in total. The number of nitrogens with one attached hydrogen (secondary N) is 2. The van der Waals surface area contributed by atoms with Crippen LogP contribution in [0.5, 0.6) is 0 Å². The first-order valence-electron chi connectivity index (χ1n) is 10.1. The predicted octanol–water partition coefficient (Wildman–Crippen LogP) is 1.42. The number of hydrogen-bond acceptors (Lipinski definition) is 5. The van der Waals surface area contributed by atoms with Crippen molar-refractivity contribution < 1.29 is 19.1 Å². The molecule has 2 aliphatic heterocycles. The quantitative estimate of drug-likeness (QED) is 0.244. The second kappa shape index (κ2) is 12.4. The van der Waals surface area contributed by atoms with Crippen LogP contribution in [-0.2, 0) is 14.3 Å². The molecule has 0 radical (unpaired) electrons. The minimum atomic E-state index is -0.488. The molecule has 2 rings (SSSR count). The predicted molar refractivity (Wildman–Crippen MR) is 123 cm³/mol. The van der Waals surface area contributed by atoms with Gasteiger partial charge in [-0.15, -0.1) is 24.0 Å². The van der Waals surface area contributed by atoms with Crippen molar-refractivity contribution in [1.29, 1.82) is 0 Å². The second-order valence-corrected chi connectivity index (χ2v) is 8.07. The summed E-state index contributed by atoms with van der Waals surface area (Å²) < 4.78 is 10.7. The van der Waals surface area contributed by atoms with Crippen LogP contribution in [-0.4, -0.2) is 92.4 Å². The Labute approximate surface area is 191 Å². The number of aliphatic imine (C=N–C) groups is 1. The maximum Gasteiger partial charge on any atom is 0.407 e. The summed E-state index contributed by atoms with van der Waals surface area (Å²) in [5.74, 6) is 0.940. The molecule has 10 heteroatoms. The largest absolute Gasteiger partial charge is 0.444 e. The number of carbonyl (C=O) groups excluding carboxylic acids is 2. The highest BCUT2D eigenvalue weighted by Gasteiger charge is 2.30. The van der Waals surface area contributed by atoms with Crippen LogP contribution in [0.2, 0.25) is 0 Å². The van der Waals surface area contributed by atoms with E-state index in [0.29, 0.717) is 32.8 Å². The van der Waals surface area contributed by atoms with E-state index in [1.54, 1.807) is 7.05 Å². The van der Waals surface area contributed by atoms with Gasteiger partial charge in [-0.25, -0.2) is 4.79 Å². The van der Waals surface area contributed by atoms with Gasteiger partial charge in [-0.05, 0) is 40.0 Å². The van der Waals surface area contributed by atoms with Gasteiger partial charge in [0.1, 0.15) is 11.7 Å². The highest BCUT2D eigenvalue weighted by Crippen LogP contribution is 2.16. The van der Waals surface area contributed by atoms with E-state index in [1.165, 1.54) is 0 Å². The zero-order chi connectivity index (χ0) is 20.6. The molecule has 0 aromatic carbocycles. The molecule has 2 fully saturated rings. The number of alkyl carbamates (subject to hydrolysis) is 1. The van der Waals surface area contributed by atoms with E-state index in [0.717, 1.165) is 38.3 Å². The molecule has 2 saturated heterocycles. The Bertz CT molecular complexity index is 553. The molecule has 2 heterocycles. The molecule has 168 valence electrons. The zero-order valence-electron chi connectivity index (χ0n) is 18.0. The normalized spacial score (nSPS) is 20.1. The van der Waals surface area contributed by atoms with Crippen LogP contribution >= 0.6 is 24.0 Å². The van der Waals surface area contributed by atoms with Crippen LogP contribution in [0.25, 0.3) is 0 Å². The molecule has 0 saturated carbocycles. The summed E-state index contributed by atoms with van der Waals surface area (Å²) in [6.45, 7) is 10.3. The number of piperazine rings is 1. The third-order valence-electron chi connectivity index (χ3n) is 4.61. The number of rotatable bonds is 5. The Morgan fingerprint density at radius 1 is 1.10 bits per heavy atom. The fourth-order valence-electron chi connectivity index (χ4n) is 3.24. The van der Waals surface area contributed by atoms with E-state index in [9.17, 15) is 9.59 Å². The molecule has 0 aliphatic carbocycles. The van der Waals surface area contributed by atoms with Crippen LogP contribution < -0.4 is 10.6 Å². The SMILES string of the molecule is CN=C(NCCCNC(=O)OC(C)(C)C)N1CCN(C(=O)C2CCCO2)CC1.I. The standard InChI is InChI=1S/C19H35N5O4.HI/c1-19(2,3)28-18(26)22-9-6-8-21-17(20-4)24-12-10-23(11-13-24)16(25)15-7-5-14-27-15;/h15H,5-14H2,1-4H3,(H,20,21)(H,22,26);1H. The maximum absolute atomic E-state index is 12.4. The van der Waals surface area contributed by atoms with E-state index in [4.69, 9.17) is 9.47 Å². The molecule has 9 nitrogen and oxygen atoms in total. The first-order valence-corrected chi connectivity index (χ1v) is 10.1. The van der Waals surface area contributed by atoms with E-state index >= 15 is 0 Å². The van der Waals surface area contributed by atoms with E-state index in [2.05, 4.69) is 20.5 Å². The van der Waals surface area contributed by atoms with Gasteiger partial charge in [0.2, 0.25) is 0 Å². The van der Waals surface area contributed by atoms with Gasteiger partial charge in [0, 0.05) is 52.9 Å². The van der Waals surface area contributed by atoms with Gasteiger partial charge < -0.3 is 29.9 Å². The molecule has 2 aliphatic rings. The smallest absolute Gasteiger partial charge is 0.407 e. The van der Waals surface area contributed by atoms with Gasteiger partial charge in [0.05, 0.1) is 0 Å². The first kappa shape index (κ1) is 25.7. The Kier molecular flexibility index (Phi) is 11.0. The van der Waals surface area contributed by atoms with Crippen molar-refractivity contribution in [2.45, 2.75) is 51.7 Å². The maximum atomic E-state index is 12.4. The third-order valence-corrected chi connectivity index (χ3v) is 4.61. The topological polar surface area (TPSA) is 95.5 Å². The fourth-order valence-corrected chi connectivity index (χ4v) is 3.24. The molecule has 1 unspecified atom stereocenters. The number of carbonyl (C=O) groups is 2. The van der Waals surface area contributed by atoms with Crippen molar-refractivity contribution >= 4 is 41.9 Å². The Balaban J connectivity index is 0.00000420. The molecule has 0 spiro atoms. The zero-order valence-corrected chi connectivity index (χ0v) is 20.4. The van der Waals surface area contributed by atoms with Crippen molar-refractivity contribution in [2.75, 3.05) is 52.9 Å². The van der Waals surface area contributed by atoms with E-state index < -0.39 is 11.7 Å². The lowest BCUT2D eigenvalue weighted by atomic mass is 10.2. The average molecular weight is 525 g/mol. The number of guanidine groups is 1. The minimum Gasteiger partial charge on any atom is -0.444 e. The van der Waals surface area contributed by atoms with Crippen molar-refractivity contribution in [2.24, 2.45) is 4.99 Å². The number of nitrogens with zero attached hydrogens (tertiary/aromatic N) is 3. The van der Waals surface area contributed by atoms with Crippen LogP contribution in [0.3, 0.4) is 0 Å². The monoisotopic (exact) mass is 525 g/mol. The van der Waals surface area contributed by atoms with Crippen LogP contribution in [0, 0.1) is 0 Å². The fraction of sp³-hybridized carbons (Fsp3) is 0.842. The molecule has 0 aromatic heterocycles. The third kappa shape index (κ3) is 8.93. The summed E-state index contributed by atoms with van der Waals surface area (Å²) in [6, 6.07) is 0. The number of ether oxygens (including phenoxy) is 2. The van der Waals surface area contributed by atoms with Crippen molar-refractivity contribution in [3.05, 3.63) is 0 Å². The van der Waals surface area contributed by atoms with Gasteiger partial charge in [0.15, 0.2) is 5.96 Å². The summed E-state index contributed by atoms with van der Waals surface area (Å²) in [4.78, 5) is 32.4.